The van der Waals surface area contributed by atoms with Crippen LogP contribution in [0.15, 0.2) is 12.2 Å². The van der Waals surface area contributed by atoms with Crippen molar-refractivity contribution in [3.63, 3.8) is 0 Å². The number of aliphatic carboxylic acids is 2. The number of hydrogen-bond acceptors (Lipinski definition) is 5. The molecule has 0 rings (SSSR count). The summed E-state index contributed by atoms with van der Waals surface area (Å²) in [6, 6.07) is 0. The van der Waals surface area contributed by atoms with Gasteiger partial charge in [-0.25, -0.2) is 9.59 Å². The molecule has 0 aromatic carbocycles. The summed E-state index contributed by atoms with van der Waals surface area (Å²) in [7, 11) is 0. The topological polar surface area (TPSA) is 149 Å². The van der Waals surface area contributed by atoms with Crippen LogP contribution >= 0.6 is 24.0 Å². The monoisotopic (exact) mass is 308 g/mol. The van der Waals surface area contributed by atoms with Crippen molar-refractivity contribution >= 4 is 47.0 Å². The zero-order valence-electron chi connectivity index (χ0n) is 10.2. The predicted molar refractivity (Wildman–Crippen MR) is 78.4 cm³/mol. The van der Waals surface area contributed by atoms with E-state index in [2.05, 4.69) is 22.9 Å². The molecule has 0 radical (unpaired) electrons. The number of carboxylic acid groups (broad SMARTS) is 2. The van der Waals surface area contributed by atoms with Crippen molar-refractivity contribution in [1.29, 1.82) is 5.41 Å². The molecule has 0 aliphatic carbocycles. The fraction of sp³-hybridized carbons (Fsp3) is 0.333. The summed E-state index contributed by atoms with van der Waals surface area (Å²) in [6.07, 6.45) is 3.12. The first-order valence-electron chi connectivity index (χ1n) is 4.81. The molecule has 0 amide bonds. The summed E-state index contributed by atoms with van der Waals surface area (Å²) < 4.78 is 0. The third kappa shape index (κ3) is 21.9. The quantitative estimate of drug-likeness (QED) is 0.129. The number of carbonyl (C=O) groups is 2. The van der Waals surface area contributed by atoms with Gasteiger partial charge in [0.15, 0.2) is 11.1 Å². The first-order valence-corrected chi connectivity index (χ1v) is 6.61. The standard InChI is InChI=1S/C5H12N4S2.C4H4O4/c1-11-3-2-8-4(6)9-5(7)10;5-3(6)1-2-4(7)8/h2-3H2,1H3,(H5,6,7,8,9,10);1-2H,(H,5,6)(H,7,8)/b;2-1-. The van der Waals surface area contributed by atoms with Crippen molar-refractivity contribution in [2.45, 2.75) is 0 Å². The maximum atomic E-state index is 9.55. The molecule has 0 heterocycles. The van der Waals surface area contributed by atoms with E-state index < -0.39 is 11.9 Å². The molecular formula is C9H16N4O4S2. The summed E-state index contributed by atoms with van der Waals surface area (Å²) in [5.41, 5.74) is 5.13. The van der Waals surface area contributed by atoms with E-state index >= 15 is 0 Å². The van der Waals surface area contributed by atoms with Crippen LogP contribution in [0.1, 0.15) is 0 Å². The number of carboxylic acids is 2. The van der Waals surface area contributed by atoms with E-state index in [-0.39, 0.29) is 11.1 Å². The molecule has 0 aromatic heterocycles. The van der Waals surface area contributed by atoms with Gasteiger partial charge < -0.3 is 26.6 Å². The van der Waals surface area contributed by atoms with Crippen LogP contribution in [-0.4, -0.2) is 51.8 Å². The van der Waals surface area contributed by atoms with Crippen LogP contribution in [0.3, 0.4) is 0 Å². The van der Waals surface area contributed by atoms with E-state index in [0.717, 1.165) is 12.3 Å². The van der Waals surface area contributed by atoms with Crippen LogP contribution in [-0.2, 0) is 9.59 Å². The van der Waals surface area contributed by atoms with Gasteiger partial charge in [0.1, 0.15) is 0 Å². The second-order valence-electron chi connectivity index (χ2n) is 2.79. The molecule has 0 atom stereocenters. The van der Waals surface area contributed by atoms with Crippen LogP contribution in [0.25, 0.3) is 0 Å². The summed E-state index contributed by atoms with van der Waals surface area (Å²) >= 11 is 6.24. The molecule has 0 aliphatic heterocycles. The zero-order valence-corrected chi connectivity index (χ0v) is 11.8. The van der Waals surface area contributed by atoms with Gasteiger partial charge in [0.25, 0.3) is 0 Å². The average molecular weight is 308 g/mol. The van der Waals surface area contributed by atoms with E-state index in [1.807, 2.05) is 6.26 Å². The molecule has 0 saturated heterocycles. The lowest BCUT2D eigenvalue weighted by molar-refractivity contribution is -0.134. The number of nitrogens with one attached hydrogen (secondary N) is 3. The van der Waals surface area contributed by atoms with E-state index in [9.17, 15) is 9.59 Å². The van der Waals surface area contributed by atoms with Crippen molar-refractivity contribution in [2.24, 2.45) is 5.73 Å². The van der Waals surface area contributed by atoms with Gasteiger partial charge in [0.05, 0.1) is 0 Å². The molecule has 0 aliphatic rings. The Bertz CT molecular complexity index is 344. The highest BCUT2D eigenvalue weighted by molar-refractivity contribution is 7.98. The lowest BCUT2D eigenvalue weighted by Gasteiger charge is -2.06. The smallest absolute Gasteiger partial charge is 0.328 e. The van der Waals surface area contributed by atoms with Gasteiger partial charge in [0.2, 0.25) is 0 Å². The second-order valence-corrected chi connectivity index (χ2v) is 4.22. The lowest BCUT2D eigenvalue weighted by atomic mass is 10.5. The Hall–Kier alpha value is -1.81. The van der Waals surface area contributed by atoms with Gasteiger partial charge in [-0.3, -0.25) is 5.41 Å². The number of thioether (sulfide) groups is 1. The van der Waals surface area contributed by atoms with Gasteiger partial charge in [-0.2, -0.15) is 11.8 Å². The van der Waals surface area contributed by atoms with Crippen molar-refractivity contribution < 1.29 is 19.8 Å². The molecule has 8 nitrogen and oxygen atoms in total. The average Bonchev–Trinajstić information content (AvgIpc) is 2.26. The maximum Gasteiger partial charge on any atom is 0.328 e. The molecule has 0 spiro atoms. The molecule has 10 heteroatoms. The Morgan fingerprint density at radius 2 is 1.84 bits per heavy atom. The lowest BCUT2D eigenvalue weighted by Crippen LogP contribution is -2.43. The fourth-order valence-electron chi connectivity index (χ4n) is 0.588. The minimum atomic E-state index is -1.26. The Balaban J connectivity index is 0. The van der Waals surface area contributed by atoms with E-state index in [1.165, 1.54) is 0 Å². The Morgan fingerprint density at radius 3 is 2.16 bits per heavy atom. The first-order chi connectivity index (χ1) is 8.79. The number of rotatable bonds is 5. The van der Waals surface area contributed by atoms with Crippen molar-refractivity contribution in [3.8, 4) is 0 Å². The molecular weight excluding hydrogens is 292 g/mol. The molecule has 0 unspecified atom stereocenters. The third-order valence-corrected chi connectivity index (χ3v) is 1.94. The minimum Gasteiger partial charge on any atom is -0.478 e. The molecule has 0 saturated carbocycles. The van der Waals surface area contributed by atoms with E-state index in [4.69, 9.17) is 21.4 Å². The maximum absolute atomic E-state index is 9.55. The zero-order chi connectivity index (χ0) is 15.3. The van der Waals surface area contributed by atoms with Crippen LogP contribution in [0, 0.1) is 5.41 Å². The highest BCUT2D eigenvalue weighted by atomic mass is 32.2. The van der Waals surface area contributed by atoms with Crippen LogP contribution < -0.4 is 16.4 Å². The second kappa shape index (κ2) is 12.6. The molecule has 108 valence electrons. The third-order valence-electron chi connectivity index (χ3n) is 1.22. The Morgan fingerprint density at radius 1 is 1.37 bits per heavy atom. The largest absolute Gasteiger partial charge is 0.478 e. The highest BCUT2D eigenvalue weighted by Crippen LogP contribution is 1.86. The molecule has 7 N–H and O–H groups in total. The van der Waals surface area contributed by atoms with Gasteiger partial charge in [-0.1, -0.05) is 0 Å². The Labute approximate surface area is 119 Å². The normalized spacial score (nSPS) is 9.11. The fourth-order valence-corrected chi connectivity index (χ4v) is 0.996. The van der Waals surface area contributed by atoms with Crippen molar-refractivity contribution in [1.82, 2.24) is 10.6 Å². The summed E-state index contributed by atoms with van der Waals surface area (Å²) in [6.45, 7) is 0.746. The number of thiocarbonyl (C=S) groups is 1. The summed E-state index contributed by atoms with van der Waals surface area (Å²) in [5.74, 6) is -1.40. The number of nitrogens with two attached hydrogens (primary N) is 1. The highest BCUT2D eigenvalue weighted by Gasteiger charge is 1.93. The summed E-state index contributed by atoms with van der Waals surface area (Å²) in [5, 5.41) is 28.2. The van der Waals surface area contributed by atoms with Crippen LogP contribution in [0.5, 0.6) is 0 Å². The van der Waals surface area contributed by atoms with Gasteiger partial charge in [-0.15, -0.1) is 0 Å². The van der Waals surface area contributed by atoms with E-state index in [1.54, 1.807) is 11.8 Å². The SMILES string of the molecule is CSCCNC(=N)NC(N)=S.O=C(O)/C=C\C(=O)O. The summed E-state index contributed by atoms with van der Waals surface area (Å²) in [4.78, 5) is 19.1. The van der Waals surface area contributed by atoms with Gasteiger partial charge >= 0.3 is 11.9 Å². The van der Waals surface area contributed by atoms with Gasteiger partial charge in [-0.05, 0) is 18.5 Å². The van der Waals surface area contributed by atoms with E-state index in [0.29, 0.717) is 12.2 Å². The van der Waals surface area contributed by atoms with Crippen LogP contribution in [0.4, 0.5) is 0 Å². The molecule has 0 bridgehead atoms. The predicted octanol–water partition coefficient (Wildman–Crippen LogP) is -0.581. The Kier molecular flexibility index (Phi) is 13.0. The van der Waals surface area contributed by atoms with Gasteiger partial charge in [0, 0.05) is 24.4 Å². The molecule has 0 fully saturated rings. The molecule has 19 heavy (non-hydrogen) atoms. The number of guanidine groups is 1. The molecule has 0 aromatic rings. The van der Waals surface area contributed by atoms with Crippen molar-refractivity contribution in [3.05, 3.63) is 12.2 Å². The minimum absolute atomic E-state index is 0.117. The van der Waals surface area contributed by atoms with Crippen molar-refractivity contribution in [2.75, 3.05) is 18.6 Å². The first kappa shape index (κ1) is 19.5. The number of hydrogen-bond donors (Lipinski definition) is 6. The van der Waals surface area contributed by atoms with Crippen LogP contribution in [0.2, 0.25) is 0 Å².